The maximum Gasteiger partial charge on any atom is 0.0786 e. The minimum absolute atomic E-state index is 0. The molecular weight excluding hydrogens is 711 g/mol. The van der Waals surface area contributed by atoms with Gasteiger partial charge in [0.2, 0.25) is 0 Å². The smallest absolute Gasteiger partial charge is 0.0786 e. The van der Waals surface area contributed by atoms with E-state index in [4.69, 9.17) is 24.4 Å². The van der Waals surface area contributed by atoms with Crippen molar-refractivity contribution >= 4 is 34.2 Å². The van der Waals surface area contributed by atoms with Gasteiger partial charge in [-0.2, -0.15) is 0 Å². The molecule has 0 heterocycles. The zero-order chi connectivity index (χ0) is 37.9. The first kappa shape index (κ1) is 54.5. The van der Waals surface area contributed by atoms with Crippen LogP contribution in [-0.4, -0.2) is 71.1 Å². The molecule has 0 aliphatic heterocycles. The Morgan fingerprint density at radius 2 is 0.627 bits per heavy atom. The standard InChI is InChI=1S/2C16H36N.2C6H6OS.Ni/c2*1-5-9-13-17(14-10-6-2,15-11-7-3)16-12-8-4;2*7-5-3-1-2-4-6(5)8;/h2*5-16H2,1-4H3;2*1-3,7H,4H2;/q2*+1;;;/p-2. The summed E-state index contributed by atoms with van der Waals surface area (Å²) in [7, 11) is 0. The molecule has 7 heteroatoms. The molecule has 0 spiro atoms. The van der Waals surface area contributed by atoms with Crippen molar-refractivity contribution in [2.45, 2.75) is 171 Å². The molecule has 302 valence electrons. The number of hydrogen-bond donors (Lipinski definition) is 0. The van der Waals surface area contributed by atoms with Gasteiger partial charge in [0, 0.05) is 39.1 Å². The number of nitrogens with zero attached hydrogens (tertiary/aromatic N) is 2. The van der Waals surface area contributed by atoms with Crippen molar-refractivity contribution in [3.05, 3.63) is 48.0 Å². The van der Waals surface area contributed by atoms with Gasteiger partial charge in [0.15, 0.2) is 0 Å². The van der Waals surface area contributed by atoms with Crippen molar-refractivity contribution in [2.75, 3.05) is 52.4 Å². The van der Waals surface area contributed by atoms with Crippen LogP contribution in [0.4, 0.5) is 0 Å². The summed E-state index contributed by atoms with van der Waals surface area (Å²) in [6.45, 7) is 30.0. The van der Waals surface area contributed by atoms with Crippen molar-refractivity contribution in [1.82, 2.24) is 0 Å². The number of rotatable bonds is 24. The van der Waals surface area contributed by atoms with Gasteiger partial charge < -0.3 is 19.2 Å². The van der Waals surface area contributed by atoms with Gasteiger partial charge in [0.05, 0.1) is 52.4 Å². The Hall–Kier alpha value is -0.846. The van der Waals surface area contributed by atoms with Gasteiger partial charge in [-0.25, -0.2) is 0 Å². The SMILES string of the molecule is CCCC[N+](CCCC)(CCCC)CCCC.CCCC[N+](CCCC)(CCCC)CCCC.[Ni].[O-]C1=CC=CCC1=S.[O-]C1=CC=CCC1=S. The molecule has 0 amide bonds. The third-order valence-electron chi connectivity index (χ3n) is 9.81. The topological polar surface area (TPSA) is 46.1 Å². The van der Waals surface area contributed by atoms with Crippen LogP contribution in [0.15, 0.2) is 48.0 Å². The minimum Gasteiger partial charge on any atom is -0.872 e. The summed E-state index contributed by atoms with van der Waals surface area (Å²) in [5.74, 6) is -0.0231. The van der Waals surface area contributed by atoms with Crippen molar-refractivity contribution in [1.29, 1.82) is 0 Å². The van der Waals surface area contributed by atoms with Crippen LogP contribution in [0.1, 0.15) is 171 Å². The maximum atomic E-state index is 10.5. The fourth-order valence-corrected chi connectivity index (χ4v) is 6.67. The third-order valence-corrected chi connectivity index (χ3v) is 10.5. The molecule has 2 rings (SSSR count). The first-order valence-corrected chi connectivity index (χ1v) is 21.8. The summed E-state index contributed by atoms with van der Waals surface area (Å²) >= 11 is 9.39. The van der Waals surface area contributed by atoms with Crippen LogP contribution in [0.25, 0.3) is 0 Å². The van der Waals surface area contributed by atoms with Crippen LogP contribution >= 0.6 is 24.4 Å². The molecule has 0 aromatic rings. The monoisotopic (exact) mass is 793 g/mol. The zero-order valence-corrected chi connectivity index (χ0v) is 37.3. The minimum atomic E-state index is -0.0116. The largest absolute Gasteiger partial charge is 0.872 e. The van der Waals surface area contributed by atoms with Gasteiger partial charge in [-0.1, -0.05) is 179 Å². The molecule has 0 saturated heterocycles. The first-order valence-electron chi connectivity index (χ1n) is 20.9. The van der Waals surface area contributed by atoms with Crippen LogP contribution in [0, 0.1) is 0 Å². The number of unbranched alkanes of at least 4 members (excludes halogenated alkanes) is 8. The molecule has 0 bridgehead atoms. The van der Waals surface area contributed by atoms with E-state index in [9.17, 15) is 10.2 Å². The number of allylic oxidation sites excluding steroid dienone is 8. The first-order chi connectivity index (χ1) is 24.1. The molecule has 51 heavy (non-hydrogen) atoms. The van der Waals surface area contributed by atoms with Crippen LogP contribution in [0.2, 0.25) is 0 Å². The summed E-state index contributed by atoms with van der Waals surface area (Å²) < 4.78 is 2.84. The van der Waals surface area contributed by atoms with Crippen molar-refractivity contribution in [2.24, 2.45) is 0 Å². The van der Waals surface area contributed by atoms with Crippen LogP contribution in [-0.2, 0) is 16.5 Å². The fourth-order valence-electron chi connectivity index (χ4n) is 6.34. The van der Waals surface area contributed by atoms with Crippen molar-refractivity contribution in [3.63, 3.8) is 0 Å². The Morgan fingerprint density at radius 3 is 0.745 bits per heavy atom. The predicted octanol–water partition coefficient (Wildman–Crippen LogP) is 11.1. The van der Waals surface area contributed by atoms with Crippen LogP contribution in [0.3, 0.4) is 0 Å². The average molecular weight is 794 g/mol. The Bertz CT molecular complexity index is 810. The Balaban J connectivity index is -0.000000630. The normalized spacial score (nSPS) is 13.8. The van der Waals surface area contributed by atoms with Gasteiger partial charge in [0.1, 0.15) is 0 Å². The molecule has 4 nitrogen and oxygen atoms in total. The van der Waals surface area contributed by atoms with E-state index in [2.05, 4.69) is 55.4 Å². The molecule has 0 unspecified atom stereocenters. The number of thiocarbonyl (C=S) groups is 2. The van der Waals surface area contributed by atoms with E-state index in [1.807, 2.05) is 12.2 Å². The Labute approximate surface area is 339 Å². The molecule has 0 N–H and O–H groups in total. The fraction of sp³-hybridized carbons (Fsp3) is 0.773. The van der Waals surface area contributed by atoms with E-state index >= 15 is 0 Å². The molecule has 0 aromatic heterocycles. The molecule has 2 aliphatic carbocycles. The summed E-state index contributed by atoms with van der Waals surface area (Å²) in [6, 6.07) is 0. The maximum absolute atomic E-state index is 10.5. The number of quaternary nitrogens is 2. The van der Waals surface area contributed by atoms with Gasteiger partial charge in [0.25, 0.3) is 0 Å². The molecule has 0 aromatic carbocycles. The van der Waals surface area contributed by atoms with E-state index < -0.39 is 0 Å². The quantitative estimate of drug-likeness (QED) is 0.0555. The van der Waals surface area contributed by atoms with Gasteiger partial charge in [-0.05, 0) is 51.4 Å². The van der Waals surface area contributed by atoms with Gasteiger partial charge >= 0.3 is 0 Å². The predicted molar refractivity (Wildman–Crippen MR) is 228 cm³/mol. The van der Waals surface area contributed by atoms with Crippen LogP contribution < -0.4 is 10.2 Å². The molecule has 0 fully saturated rings. The molecule has 2 aliphatic rings. The second-order valence-corrected chi connectivity index (χ2v) is 15.5. The van der Waals surface area contributed by atoms with Gasteiger partial charge in [-0.15, -0.1) is 0 Å². The molecule has 0 radical (unpaired) electrons. The van der Waals surface area contributed by atoms with E-state index in [0.29, 0.717) is 22.6 Å². The van der Waals surface area contributed by atoms with Crippen molar-refractivity contribution in [3.8, 4) is 0 Å². The van der Waals surface area contributed by atoms with E-state index in [1.54, 1.807) is 12.2 Å². The van der Waals surface area contributed by atoms with E-state index in [-0.39, 0.29) is 28.0 Å². The van der Waals surface area contributed by atoms with E-state index in [0.717, 1.165) is 0 Å². The Morgan fingerprint density at radius 1 is 0.431 bits per heavy atom. The average Bonchev–Trinajstić information content (AvgIpc) is 3.13. The molecular formula is C44H82N2NiO2S2. The van der Waals surface area contributed by atoms with Crippen molar-refractivity contribution < 1.29 is 35.7 Å². The summed E-state index contributed by atoms with van der Waals surface area (Å²) in [5.41, 5.74) is 0. The molecule has 0 atom stereocenters. The van der Waals surface area contributed by atoms with Gasteiger partial charge in [-0.3, -0.25) is 0 Å². The summed E-state index contributed by atoms with van der Waals surface area (Å²) in [5, 5.41) is 21.1. The summed E-state index contributed by atoms with van der Waals surface area (Å²) in [6.07, 6.45) is 33.6. The van der Waals surface area contributed by atoms with Crippen LogP contribution in [0.5, 0.6) is 0 Å². The summed E-state index contributed by atoms with van der Waals surface area (Å²) in [4.78, 5) is 1.04. The number of hydrogen-bond acceptors (Lipinski definition) is 4. The second-order valence-electron chi connectivity index (χ2n) is 14.5. The Kier molecular flexibility index (Phi) is 40.0. The molecule has 0 saturated carbocycles. The van der Waals surface area contributed by atoms with E-state index in [1.165, 1.54) is 176 Å². The third kappa shape index (κ3) is 29.2. The zero-order valence-electron chi connectivity index (χ0n) is 34.7. The second kappa shape index (κ2) is 37.5.